The van der Waals surface area contributed by atoms with Crippen LogP contribution in [0.15, 0.2) is 0 Å². The smallest absolute Gasteiger partial charge is 0.249 e. The Morgan fingerprint density at radius 1 is 1.47 bits per heavy atom. The van der Waals surface area contributed by atoms with E-state index in [1.807, 2.05) is 0 Å². The molecule has 1 atom stereocenters. The molecule has 2 aliphatic carbocycles. The second-order valence-electron chi connectivity index (χ2n) is 5.38. The van der Waals surface area contributed by atoms with Gasteiger partial charge >= 0.3 is 0 Å². The summed E-state index contributed by atoms with van der Waals surface area (Å²) in [5, 5.41) is 9.72. The van der Waals surface area contributed by atoms with Crippen LogP contribution in [0, 0.1) is 11.3 Å². The lowest BCUT2D eigenvalue weighted by atomic mass is 9.63. The zero-order valence-electron chi connectivity index (χ0n) is 8.80. The summed E-state index contributed by atoms with van der Waals surface area (Å²) in [6.45, 7) is 1.57. The van der Waals surface area contributed by atoms with Gasteiger partial charge < -0.3 is 5.11 Å². The highest BCUT2D eigenvalue weighted by atomic mass is 19.3. The lowest BCUT2D eigenvalue weighted by Gasteiger charge is -2.47. The first-order valence-electron chi connectivity index (χ1n) is 5.41. The molecule has 2 saturated carbocycles. The van der Waals surface area contributed by atoms with Gasteiger partial charge in [0, 0.05) is 24.7 Å². The van der Waals surface area contributed by atoms with Gasteiger partial charge in [-0.1, -0.05) is 6.92 Å². The highest BCUT2D eigenvalue weighted by molar-refractivity contribution is 5.84. The fourth-order valence-electron chi connectivity index (χ4n) is 2.43. The van der Waals surface area contributed by atoms with Crippen LogP contribution in [0.4, 0.5) is 8.78 Å². The molecule has 0 amide bonds. The Kier molecular flexibility index (Phi) is 2.37. The van der Waals surface area contributed by atoms with E-state index < -0.39 is 17.4 Å². The predicted molar refractivity (Wildman–Crippen MR) is 50.6 cm³/mol. The normalized spacial score (nSPS) is 29.3. The van der Waals surface area contributed by atoms with Crippen LogP contribution in [-0.2, 0) is 4.79 Å². The van der Waals surface area contributed by atoms with Crippen molar-refractivity contribution >= 4 is 5.78 Å². The van der Waals surface area contributed by atoms with Crippen LogP contribution < -0.4 is 0 Å². The van der Waals surface area contributed by atoms with Gasteiger partial charge in [-0.3, -0.25) is 4.79 Å². The number of ketones is 1. The first kappa shape index (κ1) is 11.0. The Bertz CT molecular complexity index is 276. The molecule has 0 aromatic heterocycles. The van der Waals surface area contributed by atoms with Crippen molar-refractivity contribution < 1.29 is 18.7 Å². The topological polar surface area (TPSA) is 37.3 Å². The summed E-state index contributed by atoms with van der Waals surface area (Å²) < 4.78 is 25.4. The van der Waals surface area contributed by atoms with E-state index in [1.165, 1.54) is 0 Å². The molecule has 0 aromatic carbocycles. The number of aliphatic hydroxyl groups is 1. The molecule has 0 spiro atoms. The lowest BCUT2D eigenvalue weighted by molar-refractivity contribution is -0.193. The van der Waals surface area contributed by atoms with Crippen LogP contribution in [0.25, 0.3) is 0 Å². The van der Waals surface area contributed by atoms with Crippen LogP contribution in [0.5, 0.6) is 0 Å². The van der Waals surface area contributed by atoms with E-state index in [0.717, 1.165) is 12.8 Å². The van der Waals surface area contributed by atoms with Crippen molar-refractivity contribution in [2.45, 2.75) is 51.1 Å². The Hall–Kier alpha value is -0.510. The van der Waals surface area contributed by atoms with Gasteiger partial charge in [0.05, 0.1) is 0 Å². The number of rotatable bonds is 4. The molecule has 0 heterocycles. The number of halogens is 2. The molecule has 2 rings (SSSR count). The third-order valence-corrected chi connectivity index (χ3v) is 3.48. The van der Waals surface area contributed by atoms with Gasteiger partial charge in [-0.2, -0.15) is 0 Å². The Labute approximate surface area is 87.7 Å². The van der Waals surface area contributed by atoms with E-state index in [-0.39, 0.29) is 18.6 Å². The molecular formula is C11H16F2O2. The molecule has 2 fully saturated rings. The van der Waals surface area contributed by atoms with E-state index in [9.17, 15) is 18.7 Å². The molecule has 2 nitrogen and oxygen atoms in total. The summed E-state index contributed by atoms with van der Waals surface area (Å²) in [7, 11) is 0. The summed E-state index contributed by atoms with van der Waals surface area (Å²) in [5.41, 5.74) is -0.893. The largest absolute Gasteiger partial charge is 0.385 e. The van der Waals surface area contributed by atoms with Crippen LogP contribution in [0.3, 0.4) is 0 Å². The van der Waals surface area contributed by atoms with Crippen molar-refractivity contribution in [2.24, 2.45) is 11.3 Å². The zero-order chi connectivity index (χ0) is 11.3. The highest BCUT2D eigenvalue weighted by Crippen LogP contribution is 2.54. The van der Waals surface area contributed by atoms with E-state index in [0.29, 0.717) is 12.3 Å². The van der Waals surface area contributed by atoms with Crippen LogP contribution in [-0.4, -0.2) is 22.9 Å². The third kappa shape index (κ3) is 2.19. The quantitative estimate of drug-likeness (QED) is 0.785. The lowest BCUT2D eigenvalue weighted by Crippen LogP contribution is -2.53. The standard InChI is InChI=1S/C11H16F2O2/c1-10(5-11(12,13)6-10)9(15)8(14)4-7-2-3-7/h7,9,15H,2-6H2,1H3. The second-order valence-corrected chi connectivity index (χ2v) is 5.38. The van der Waals surface area contributed by atoms with Crippen molar-refractivity contribution in [3.63, 3.8) is 0 Å². The van der Waals surface area contributed by atoms with Gasteiger partial charge in [-0.25, -0.2) is 8.78 Å². The van der Waals surface area contributed by atoms with Gasteiger partial charge in [-0.15, -0.1) is 0 Å². The number of Topliss-reactive ketones (excluding diaryl/α,β-unsaturated/α-hetero) is 1. The zero-order valence-corrected chi connectivity index (χ0v) is 8.80. The molecule has 0 aliphatic heterocycles. The summed E-state index contributed by atoms with van der Waals surface area (Å²) >= 11 is 0. The summed E-state index contributed by atoms with van der Waals surface area (Å²) in [4.78, 5) is 11.5. The molecule has 86 valence electrons. The molecule has 0 radical (unpaired) electrons. The maximum absolute atomic E-state index is 12.7. The van der Waals surface area contributed by atoms with E-state index >= 15 is 0 Å². The van der Waals surface area contributed by atoms with Crippen LogP contribution >= 0.6 is 0 Å². The van der Waals surface area contributed by atoms with E-state index in [1.54, 1.807) is 6.92 Å². The first-order valence-corrected chi connectivity index (χ1v) is 5.41. The van der Waals surface area contributed by atoms with Gasteiger partial charge in [0.2, 0.25) is 5.92 Å². The average Bonchev–Trinajstić information content (AvgIpc) is 2.82. The summed E-state index contributed by atoms with van der Waals surface area (Å²) in [6, 6.07) is 0. The number of carbonyl (C=O) groups is 1. The second kappa shape index (κ2) is 3.24. The van der Waals surface area contributed by atoms with Crippen molar-refractivity contribution in [1.29, 1.82) is 0 Å². The van der Waals surface area contributed by atoms with Crippen molar-refractivity contribution in [2.75, 3.05) is 0 Å². The Balaban J connectivity index is 1.89. The average molecular weight is 218 g/mol. The molecule has 0 saturated heterocycles. The molecule has 1 unspecified atom stereocenters. The number of aliphatic hydroxyl groups excluding tert-OH is 1. The molecule has 4 heteroatoms. The van der Waals surface area contributed by atoms with Crippen LogP contribution in [0.1, 0.15) is 39.0 Å². The number of hydrogen-bond acceptors (Lipinski definition) is 2. The first-order chi connectivity index (χ1) is 6.82. The van der Waals surface area contributed by atoms with E-state index in [4.69, 9.17) is 0 Å². The summed E-state index contributed by atoms with van der Waals surface area (Å²) in [5.74, 6) is -2.54. The highest BCUT2D eigenvalue weighted by Gasteiger charge is 2.58. The molecule has 2 aliphatic rings. The Morgan fingerprint density at radius 2 is 2.00 bits per heavy atom. The fourth-order valence-corrected chi connectivity index (χ4v) is 2.43. The summed E-state index contributed by atoms with van der Waals surface area (Å²) in [6.07, 6.45) is 0.506. The predicted octanol–water partition coefficient (Wildman–Crippen LogP) is 2.15. The maximum Gasteiger partial charge on any atom is 0.249 e. The SMILES string of the molecule is CC1(C(O)C(=O)CC2CC2)CC(F)(F)C1. The monoisotopic (exact) mass is 218 g/mol. The van der Waals surface area contributed by atoms with E-state index in [2.05, 4.69) is 0 Å². The third-order valence-electron chi connectivity index (χ3n) is 3.48. The Morgan fingerprint density at radius 3 is 2.40 bits per heavy atom. The van der Waals surface area contributed by atoms with Crippen LogP contribution in [0.2, 0.25) is 0 Å². The molecule has 0 bridgehead atoms. The molecular weight excluding hydrogens is 202 g/mol. The van der Waals surface area contributed by atoms with Gasteiger partial charge in [0.25, 0.3) is 0 Å². The number of carbonyl (C=O) groups excluding carboxylic acids is 1. The van der Waals surface area contributed by atoms with Gasteiger partial charge in [0.1, 0.15) is 6.10 Å². The number of alkyl halides is 2. The minimum atomic E-state index is -2.68. The van der Waals surface area contributed by atoms with Gasteiger partial charge in [0.15, 0.2) is 5.78 Å². The number of hydrogen-bond donors (Lipinski definition) is 1. The minimum Gasteiger partial charge on any atom is -0.385 e. The van der Waals surface area contributed by atoms with Crippen molar-refractivity contribution in [3.8, 4) is 0 Å². The van der Waals surface area contributed by atoms with Crippen molar-refractivity contribution in [3.05, 3.63) is 0 Å². The fraction of sp³-hybridized carbons (Fsp3) is 0.909. The molecule has 1 N–H and O–H groups in total. The maximum atomic E-state index is 12.7. The molecule has 15 heavy (non-hydrogen) atoms. The van der Waals surface area contributed by atoms with Crippen molar-refractivity contribution in [1.82, 2.24) is 0 Å². The molecule has 0 aromatic rings. The minimum absolute atomic E-state index is 0.254. The van der Waals surface area contributed by atoms with Gasteiger partial charge in [-0.05, 0) is 18.8 Å².